The second-order valence-electron chi connectivity index (χ2n) is 44.4. The summed E-state index contributed by atoms with van der Waals surface area (Å²) < 4.78 is 27.0. The van der Waals surface area contributed by atoms with E-state index in [0.717, 1.165) is 74.8 Å². The number of likely N-dealkylation sites (N-methyl/N-ethyl adjacent to an activating group) is 1. The molecule has 0 saturated carbocycles. The average Bonchev–Trinajstić information content (AvgIpc) is 1.57. The number of fused-ring (bicyclic) bond motifs is 2. The fraction of sp³-hybridized carbons (Fsp3) is 0.855. The van der Waals surface area contributed by atoms with Crippen LogP contribution in [-0.4, -0.2) is 163 Å². The summed E-state index contributed by atoms with van der Waals surface area (Å²) in [5.41, 5.74) is 5.62. The number of rotatable bonds is 0. The summed E-state index contributed by atoms with van der Waals surface area (Å²) in [5, 5.41) is 1.14. The van der Waals surface area contributed by atoms with Gasteiger partial charge in [-0.2, -0.15) is 0 Å². The summed E-state index contributed by atoms with van der Waals surface area (Å²) >= 11 is 1.74. The van der Waals surface area contributed by atoms with Crippen molar-refractivity contribution in [2.75, 3.05) is 133 Å². The molecule has 7 aliphatic rings. The maximum Gasteiger partial charge on any atom is 0.161 e. The number of thiazole rings is 1. The van der Waals surface area contributed by atoms with Crippen molar-refractivity contribution in [1.29, 1.82) is 0 Å². The highest BCUT2D eigenvalue weighted by atomic mass is 32.1. The lowest BCUT2D eigenvalue weighted by Crippen LogP contribution is -2.32. The van der Waals surface area contributed by atoms with Crippen LogP contribution in [0.1, 0.15) is 524 Å². The minimum Gasteiger partial charge on any atom is -0.486 e. The lowest BCUT2D eigenvalue weighted by molar-refractivity contribution is 0.0503. The number of piperidine rings is 1. The normalized spacial score (nSPS) is 13.9. The van der Waals surface area contributed by atoms with Crippen LogP contribution in [0.5, 0.6) is 11.5 Å². The molecule has 2 aromatic heterocycles. The number of para-hydroxylation sites is 3. The van der Waals surface area contributed by atoms with E-state index in [1.807, 2.05) is 248 Å². The molecule has 6 saturated heterocycles. The molecule has 11 rings (SSSR count). The maximum atomic E-state index is 5.30. The summed E-state index contributed by atoms with van der Waals surface area (Å²) in [6.07, 6.45) is 22.8. The van der Waals surface area contributed by atoms with Crippen LogP contribution in [0.3, 0.4) is 0 Å². The third-order valence-corrected chi connectivity index (χ3v) is 12.2. The lowest BCUT2D eigenvalue weighted by Gasteiger charge is -2.21. The van der Waals surface area contributed by atoms with E-state index in [9.17, 15) is 0 Å². The van der Waals surface area contributed by atoms with Gasteiger partial charge < -0.3 is 43.3 Å². The molecule has 0 N–H and O–H groups in total. The zero-order chi connectivity index (χ0) is 113. The Kier molecular flexibility index (Phi) is 181. The molecule has 136 heavy (non-hydrogen) atoms. The number of nitrogens with zero attached hydrogens (tertiary/aromatic N) is 6. The Balaban J connectivity index is -0.0000000576. The highest BCUT2D eigenvalue weighted by Crippen LogP contribution is 2.28. The molecule has 2 aromatic carbocycles. The molecule has 0 radical (unpaired) electrons. The predicted octanol–water partition coefficient (Wildman–Crippen LogP) is 42.2. The van der Waals surface area contributed by atoms with Gasteiger partial charge in [-0.15, -0.1) is 11.3 Å². The van der Waals surface area contributed by atoms with Crippen molar-refractivity contribution in [2.24, 2.45) is 48.7 Å². The Bertz CT molecular complexity index is 2140. The Morgan fingerprint density at radius 2 is 0.404 bits per heavy atom. The molecule has 0 amide bonds. The molecule has 11 nitrogen and oxygen atoms in total. The number of ether oxygens (including phenoxy) is 5. The first-order valence-corrected chi connectivity index (χ1v) is 56.7. The SMILES string of the molecule is C1CCOC1.C1CCOCC1.CC.CC.CC.CC.CC.CC.CC.CC.CC.CC.CC.CC.CC.CC(C)(C)C.CC(C)(C)C.CC(C)(C)C.CC(C)(C)C.CC(C)(C)C.CC(C)(C)C.CC(C)(C)C.CC(C)(C)C.CC(C)(C)C.CN1CCCC1.CN1CCCCC1.CN1CCCCCC1.CN1CCOCC1.Cc1nc2ccccc2s1.c1ccc2c(c1)OCCO2.c1ccncc1. The molecule has 0 bridgehead atoms. The fourth-order valence-corrected chi connectivity index (χ4v) is 8.13. The Labute approximate surface area is 873 Å². The van der Waals surface area contributed by atoms with Crippen molar-refractivity contribution in [3.05, 3.63) is 84.1 Å². The molecule has 6 fully saturated rings. The third-order valence-electron chi connectivity index (χ3n) is 11.3. The van der Waals surface area contributed by atoms with Gasteiger partial charge in [0.05, 0.1) is 28.4 Å². The van der Waals surface area contributed by atoms with Crippen molar-refractivity contribution in [3.8, 4) is 11.5 Å². The van der Waals surface area contributed by atoms with Gasteiger partial charge in [0.25, 0.3) is 0 Å². The van der Waals surface area contributed by atoms with Crippen LogP contribution >= 0.6 is 11.3 Å². The minimum atomic E-state index is 0.500. The van der Waals surface area contributed by atoms with Gasteiger partial charge in [-0.25, -0.2) is 4.98 Å². The van der Waals surface area contributed by atoms with Crippen LogP contribution in [0.4, 0.5) is 0 Å². The molecule has 9 heterocycles. The predicted molar refractivity (Wildman–Crippen MR) is 647 cm³/mol. The topological polar surface area (TPSA) is 84.9 Å². The number of hydrogen-bond acceptors (Lipinski definition) is 12. The third kappa shape index (κ3) is 321. The second-order valence-corrected chi connectivity index (χ2v) is 45.6. The summed E-state index contributed by atoms with van der Waals surface area (Å²) in [4.78, 5) is 17.6. The van der Waals surface area contributed by atoms with Crippen LogP contribution in [0.25, 0.3) is 10.2 Å². The number of benzene rings is 2. The van der Waals surface area contributed by atoms with Gasteiger partial charge in [-0.3, -0.25) is 4.98 Å². The first-order chi connectivity index (χ1) is 62.9. The lowest BCUT2D eigenvalue weighted by atomic mass is 10.0. The first kappa shape index (κ1) is 181. The van der Waals surface area contributed by atoms with E-state index < -0.39 is 0 Å². The average molecular weight is 1960 g/mol. The maximum absolute atomic E-state index is 5.30. The zero-order valence-electron chi connectivity index (χ0n) is 108. The van der Waals surface area contributed by atoms with E-state index in [0.29, 0.717) is 61.9 Å². The van der Waals surface area contributed by atoms with E-state index in [1.165, 1.54) is 134 Å². The van der Waals surface area contributed by atoms with Crippen molar-refractivity contribution < 1.29 is 23.7 Å². The van der Waals surface area contributed by atoms with Gasteiger partial charge in [0.1, 0.15) is 13.2 Å². The number of morpholine rings is 1. The first-order valence-electron chi connectivity index (χ1n) is 55.9. The van der Waals surface area contributed by atoms with Gasteiger partial charge in [0, 0.05) is 51.9 Å². The Hall–Kier alpha value is -3.20. The highest BCUT2D eigenvalue weighted by molar-refractivity contribution is 7.18. The minimum absolute atomic E-state index is 0.500. The van der Waals surface area contributed by atoms with Gasteiger partial charge in [0.15, 0.2) is 11.5 Å². The Morgan fingerprint density at radius 1 is 0.221 bits per heavy atom. The molecule has 0 spiro atoms. The van der Waals surface area contributed by atoms with Crippen LogP contribution < -0.4 is 9.47 Å². The number of aryl methyl sites for hydroxylation is 1. The van der Waals surface area contributed by atoms with Gasteiger partial charge in [0.2, 0.25) is 0 Å². The fourth-order valence-electron chi connectivity index (χ4n) is 7.30. The molecule has 0 unspecified atom stereocenters. The quantitative estimate of drug-likeness (QED) is 0.169. The van der Waals surface area contributed by atoms with E-state index in [2.05, 4.69) is 313 Å². The molecular weight excluding hydrogens is 1690 g/mol. The summed E-state index contributed by atoms with van der Waals surface area (Å²) in [6.45, 7) is 150. The second kappa shape index (κ2) is 136. The summed E-state index contributed by atoms with van der Waals surface area (Å²) in [6, 6.07) is 21.6. The standard InChI is InChI=1S/C8H7NS.C8H8O2.C7H15N.C6H13N.C5H11NO.C5H11N.C5H5N.C5H10O.9C5H12.C4H8O.13C2H6/c1-6-9-7-4-2-3-5-8(7)10-6;1-2-4-8-7(3-1)9-5-6-10-8;1-8-6-4-2-3-5-7-8;1-7-5-3-2-4-6-7;1-6-2-4-7-5-3-6;1-6-4-2-3-5-6;2*1-2-4-6-5-3-1;9*1-5(2,3)4;1-2-4-5-3-1;13*1-2/h2-5H,1H3;1-4H,5-6H2;2-7H2,1H3;2-6H2,1H3;2-5H2,1H3;2-5H2,1H3;1-5H;1-5H2;9*1-4H3;1-4H2;13*1-2H3. The zero-order valence-corrected chi connectivity index (χ0v) is 109. The van der Waals surface area contributed by atoms with Gasteiger partial charge in [-0.1, -0.05) is 479 Å². The molecule has 12 heteroatoms. The number of likely N-dealkylation sites (tertiary alicyclic amines) is 3. The highest BCUT2D eigenvalue weighted by Gasteiger charge is 2.10. The van der Waals surface area contributed by atoms with Crippen molar-refractivity contribution in [1.82, 2.24) is 29.6 Å². The molecular formula is C124H274N6O5S. The molecule has 836 valence electrons. The van der Waals surface area contributed by atoms with Crippen LogP contribution in [0, 0.1) is 55.7 Å². The van der Waals surface area contributed by atoms with Crippen LogP contribution in [-0.2, 0) is 14.2 Å². The van der Waals surface area contributed by atoms with Gasteiger partial charge >= 0.3 is 0 Å². The number of hydrogen-bond donors (Lipinski definition) is 0. The number of aromatic nitrogens is 2. The molecule has 0 atom stereocenters. The summed E-state index contributed by atoms with van der Waals surface area (Å²) in [7, 11) is 8.69. The van der Waals surface area contributed by atoms with Crippen LogP contribution in [0.2, 0.25) is 0 Å². The Morgan fingerprint density at radius 3 is 0.574 bits per heavy atom. The molecule has 0 aliphatic carbocycles. The molecule has 4 aromatic rings. The molecule has 7 aliphatic heterocycles. The van der Waals surface area contributed by atoms with Crippen molar-refractivity contribution in [2.45, 2.75) is 526 Å². The van der Waals surface area contributed by atoms with Crippen molar-refractivity contribution in [3.63, 3.8) is 0 Å². The number of pyridine rings is 1. The van der Waals surface area contributed by atoms with Crippen LogP contribution in [0.15, 0.2) is 79.1 Å². The smallest absolute Gasteiger partial charge is 0.161 e. The van der Waals surface area contributed by atoms with E-state index >= 15 is 0 Å². The van der Waals surface area contributed by atoms with E-state index in [-0.39, 0.29) is 0 Å². The largest absolute Gasteiger partial charge is 0.486 e. The van der Waals surface area contributed by atoms with Crippen molar-refractivity contribution >= 4 is 21.6 Å². The van der Waals surface area contributed by atoms with Gasteiger partial charge in [-0.05, 0) is 230 Å². The van der Waals surface area contributed by atoms with E-state index in [4.69, 9.17) is 23.7 Å². The van der Waals surface area contributed by atoms with E-state index in [1.54, 1.807) is 23.7 Å². The monoisotopic (exact) mass is 1960 g/mol. The summed E-state index contributed by atoms with van der Waals surface area (Å²) in [5.74, 6) is 1.71.